The van der Waals surface area contributed by atoms with Crippen LogP contribution in [0.3, 0.4) is 0 Å². The van der Waals surface area contributed by atoms with E-state index < -0.39 is 11.9 Å². The van der Waals surface area contributed by atoms with Gasteiger partial charge in [-0.05, 0) is 60.9 Å². The highest BCUT2D eigenvalue weighted by Gasteiger charge is 2.44. The predicted octanol–water partition coefficient (Wildman–Crippen LogP) is 7.08. The summed E-state index contributed by atoms with van der Waals surface area (Å²) in [5.74, 6) is 0.773. The van der Waals surface area contributed by atoms with Crippen LogP contribution in [0.2, 0.25) is 5.02 Å². The minimum Gasteiger partial charge on any atom is -0.493 e. The molecule has 1 aromatic heterocycles. The van der Waals surface area contributed by atoms with Crippen molar-refractivity contribution in [2.45, 2.75) is 39.2 Å². The maximum atomic E-state index is 13.8. The molecule has 1 aliphatic heterocycles. The van der Waals surface area contributed by atoms with E-state index in [9.17, 15) is 9.59 Å². The first kappa shape index (κ1) is 24.9. The van der Waals surface area contributed by atoms with Gasteiger partial charge in [0.15, 0.2) is 16.9 Å². The van der Waals surface area contributed by atoms with E-state index >= 15 is 0 Å². The molecule has 1 amide bonds. The van der Waals surface area contributed by atoms with Gasteiger partial charge >= 0.3 is 0 Å². The highest BCUT2D eigenvalue weighted by atomic mass is 35.5. The van der Waals surface area contributed by atoms with Crippen molar-refractivity contribution in [2.24, 2.45) is 0 Å². The summed E-state index contributed by atoms with van der Waals surface area (Å²) < 4.78 is 17.6. The Labute approximate surface area is 220 Å². The van der Waals surface area contributed by atoms with E-state index in [1.54, 1.807) is 42.3 Å². The summed E-state index contributed by atoms with van der Waals surface area (Å²) in [5, 5.41) is 0.948. The molecule has 190 valence electrons. The van der Waals surface area contributed by atoms with E-state index in [0.717, 1.165) is 24.8 Å². The lowest BCUT2D eigenvalue weighted by Crippen LogP contribution is -2.29. The molecule has 0 saturated carbocycles. The van der Waals surface area contributed by atoms with E-state index in [4.69, 9.17) is 25.5 Å². The van der Waals surface area contributed by atoms with Gasteiger partial charge in [0.1, 0.15) is 5.58 Å². The first-order valence-corrected chi connectivity index (χ1v) is 12.8. The third-order valence-corrected chi connectivity index (χ3v) is 7.13. The van der Waals surface area contributed by atoms with Gasteiger partial charge in [0.2, 0.25) is 5.76 Å². The molecular formula is C30H28ClNO5. The van der Waals surface area contributed by atoms with Crippen LogP contribution in [0.5, 0.6) is 11.5 Å². The number of aryl methyl sites for hydroxylation is 1. The normalized spacial score (nSPS) is 14.8. The molecule has 0 bridgehead atoms. The molecular weight excluding hydrogens is 490 g/mol. The van der Waals surface area contributed by atoms with Gasteiger partial charge in [0, 0.05) is 10.7 Å². The third-order valence-electron chi connectivity index (χ3n) is 6.72. The van der Waals surface area contributed by atoms with Crippen molar-refractivity contribution in [2.75, 3.05) is 18.6 Å². The quantitative estimate of drug-likeness (QED) is 0.233. The number of amides is 1. The van der Waals surface area contributed by atoms with Crippen LogP contribution in [0.25, 0.3) is 11.0 Å². The largest absolute Gasteiger partial charge is 0.493 e. The Hall–Kier alpha value is -3.77. The van der Waals surface area contributed by atoms with Gasteiger partial charge in [-0.1, -0.05) is 55.6 Å². The number of rotatable bonds is 8. The summed E-state index contributed by atoms with van der Waals surface area (Å²) in [5.41, 5.74) is 2.57. The van der Waals surface area contributed by atoms with Gasteiger partial charge in [-0.2, -0.15) is 0 Å². The molecule has 7 heteroatoms. The van der Waals surface area contributed by atoms with Gasteiger partial charge < -0.3 is 13.9 Å². The SMILES string of the molecule is CCCCCOc1ccc(C2c3c(oc4ccccc4c3=O)C(=O)N2c2ccc(C)c(Cl)c2)cc1OC. The molecule has 1 aliphatic rings. The molecule has 1 atom stereocenters. The van der Waals surface area contributed by atoms with Crippen LogP contribution < -0.4 is 19.8 Å². The van der Waals surface area contributed by atoms with Crippen molar-refractivity contribution in [3.63, 3.8) is 0 Å². The molecule has 6 nitrogen and oxygen atoms in total. The number of ether oxygens (including phenoxy) is 2. The minimum absolute atomic E-state index is 0.0317. The Morgan fingerprint density at radius 1 is 1.00 bits per heavy atom. The second kappa shape index (κ2) is 10.3. The van der Waals surface area contributed by atoms with Gasteiger partial charge in [0.25, 0.3) is 5.91 Å². The van der Waals surface area contributed by atoms with Crippen LogP contribution >= 0.6 is 11.6 Å². The standard InChI is InChI=1S/C30H28ClNO5/c1-4-5-8-15-36-24-14-12-19(16-25(24)35-3)27-26-28(33)21-9-6-7-10-23(21)37-29(26)30(34)32(27)20-13-11-18(2)22(31)17-20/h6-7,9-14,16-17,27H,4-5,8,15H2,1-3H3. The van der Waals surface area contributed by atoms with Crippen LogP contribution in [0.4, 0.5) is 5.69 Å². The number of carbonyl (C=O) groups excluding carboxylic acids is 1. The number of nitrogens with zero attached hydrogens (tertiary/aromatic N) is 1. The number of halogens is 1. The number of carbonyl (C=O) groups is 1. The molecule has 0 aliphatic carbocycles. The smallest absolute Gasteiger partial charge is 0.295 e. The molecule has 0 spiro atoms. The number of methoxy groups -OCH3 is 1. The summed E-state index contributed by atoms with van der Waals surface area (Å²) in [4.78, 5) is 29.1. The Bertz CT molecular complexity index is 1540. The fourth-order valence-corrected chi connectivity index (χ4v) is 4.92. The maximum Gasteiger partial charge on any atom is 0.295 e. The highest BCUT2D eigenvalue weighted by molar-refractivity contribution is 6.31. The fourth-order valence-electron chi connectivity index (χ4n) is 4.74. The summed E-state index contributed by atoms with van der Waals surface area (Å²) >= 11 is 6.44. The van der Waals surface area contributed by atoms with E-state index in [1.165, 1.54) is 0 Å². The average molecular weight is 518 g/mol. The first-order valence-electron chi connectivity index (χ1n) is 12.4. The summed E-state index contributed by atoms with van der Waals surface area (Å²) in [6.07, 6.45) is 3.13. The lowest BCUT2D eigenvalue weighted by molar-refractivity contribution is 0.0971. The Morgan fingerprint density at radius 2 is 1.81 bits per heavy atom. The third kappa shape index (κ3) is 4.46. The molecule has 4 aromatic rings. The first-order chi connectivity index (χ1) is 17.9. The second-order valence-corrected chi connectivity index (χ2v) is 9.55. The highest BCUT2D eigenvalue weighted by Crippen LogP contribution is 2.44. The van der Waals surface area contributed by atoms with Crippen LogP contribution in [0, 0.1) is 6.92 Å². The van der Waals surface area contributed by atoms with Crippen LogP contribution in [0.15, 0.2) is 69.9 Å². The van der Waals surface area contributed by atoms with E-state index in [1.807, 2.05) is 37.3 Å². The number of para-hydroxylation sites is 1. The number of anilines is 1. The van der Waals surface area contributed by atoms with Gasteiger partial charge in [-0.15, -0.1) is 0 Å². The van der Waals surface area contributed by atoms with Crippen LogP contribution in [-0.4, -0.2) is 19.6 Å². The van der Waals surface area contributed by atoms with Gasteiger partial charge in [-0.25, -0.2) is 0 Å². The summed E-state index contributed by atoms with van der Waals surface area (Å²) in [6, 6.07) is 17.1. The topological polar surface area (TPSA) is 69.0 Å². The Kier molecular flexibility index (Phi) is 6.94. The van der Waals surface area contributed by atoms with Gasteiger partial charge in [-0.3, -0.25) is 14.5 Å². The molecule has 3 aromatic carbocycles. The van der Waals surface area contributed by atoms with Crippen molar-refractivity contribution < 1.29 is 18.7 Å². The molecule has 5 rings (SSSR count). The van der Waals surface area contributed by atoms with E-state index in [0.29, 0.717) is 50.9 Å². The van der Waals surface area contributed by atoms with Crippen molar-refractivity contribution in [1.29, 1.82) is 0 Å². The molecule has 0 saturated heterocycles. The number of unbranched alkanes of at least 4 members (excludes halogenated alkanes) is 2. The molecule has 0 radical (unpaired) electrons. The zero-order chi connectivity index (χ0) is 26.1. The Morgan fingerprint density at radius 3 is 2.57 bits per heavy atom. The Balaban J connectivity index is 1.67. The predicted molar refractivity (Wildman–Crippen MR) is 145 cm³/mol. The van der Waals surface area contributed by atoms with E-state index in [-0.39, 0.29) is 11.2 Å². The van der Waals surface area contributed by atoms with Crippen molar-refractivity contribution >= 4 is 34.2 Å². The lowest BCUT2D eigenvalue weighted by Gasteiger charge is -2.26. The second-order valence-electron chi connectivity index (χ2n) is 9.15. The molecule has 0 N–H and O–H groups in total. The molecule has 0 fully saturated rings. The van der Waals surface area contributed by atoms with Crippen LogP contribution in [-0.2, 0) is 0 Å². The fraction of sp³-hybridized carbons (Fsp3) is 0.267. The number of hydrogen-bond acceptors (Lipinski definition) is 5. The van der Waals surface area contributed by atoms with Gasteiger partial charge in [0.05, 0.1) is 30.7 Å². The number of fused-ring (bicyclic) bond motifs is 2. The van der Waals surface area contributed by atoms with Crippen molar-refractivity contribution in [3.05, 3.63) is 98.4 Å². The van der Waals surface area contributed by atoms with E-state index in [2.05, 4.69) is 6.92 Å². The van der Waals surface area contributed by atoms with Crippen LogP contribution in [0.1, 0.15) is 59.5 Å². The zero-order valence-corrected chi connectivity index (χ0v) is 21.8. The molecule has 1 unspecified atom stereocenters. The average Bonchev–Trinajstić information content (AvgIpc) is 3.20. The minimum atomic E-state index is -0.731. The number of hydrogen-bond donors (Lipinski definition) is 0. The maximum absolute atomic E-state index is 13.8. The lowest BCUT2D eigenvalue weighted by atomic mass is 9.97. The molecule has 37 heavy (non-hydrogen) atoms. The monoisotopic (exact) mass is 517 g/mol. The zero-order valence-electron chi connectivity index (χ0n) is 21.0. The van der Waals surface area contributed by atoms with Crippen molar-refractivity contribution in [1.82, 2.24) is 0 Å². The summed E-state index contributed by atoms with van der Waals surface area (Å²) in [6.45, 7) is 4.62. The summed E-state index contributed by atoms with van der Waals surface area (Å²) in [7, 11) is 1.57. The molecule has 2 heterocycles. The van der Waals surface area contributed by atoms with Crippen molar-refractivity contribution in [3.8, 4) is 11.5 Å². The number of benzene rings is 3.